The number of imidazole rings is 1. The number of rotatable bonds is 2. The molecule has 19 heavy (non-hydrogen) atoms. The third-order valence-corrected chi connectivity index (χ3v) is 3.65. The Morgan fingerprint density at radius 1 is 1.37 bits per heavy atom. The molecule has 2 aromatic heterocycles. The maximum Gasteiger partial charge on any atom is 0.155 e. The van der Waals surface area contributed by atoms with Crippen LogP contribution in [0.2, 0.25) is 0 Å². The van der Waals surface area contributed by atoms with E-state index in [1.165, 1.54) is 5.69 Å². The van der Waals surface area contributed by atoms with Crippen LogP contribution in [-0.4, -0.2) is 44.4 Å². The molecular weight excluding hydrogens is 262 g/mol. The van der Waals surface area contributed by atoms with Gasteiger partial charge in [-0.05, 0) is 13.8 Å². The van der Waals surface area contributed by atoms with Crippen molar-refractivity contribution >= 4 is 18.1 Å². The second kappa shape index (κ2) is 5.86. The summed E-state index contributed by atoms with van der Waals surface area (Å²) < 4.78 is 2.12. The lowest BCUT2D eigenvalue weighted by molar-refractivity contribution is 0.137. The molecule has 6 heteroatoms. The van der Waals surface area contributed by atoms with Gasteiger partial charge >= 0.3 is 0 Å². The zero-order valence-electron chi connectivity index (χ0n) is 11.3. The fourth-order valence-electron chi connectivity index (χ4n) is 2.54. The van der Waals surface area contributed by atoms with Gasteiger partial charge in [-0.25, -0.2) is 4.98 Å². The first-order valence-corrected chi connectivity index (χ1v) is 6.47. The zero-order valence-corrected chi connectivity index (χ0v) is 12.1. The van der Waals surface area contributed by atoms with Gasteiger partial charge in [0.15, 0.2) is 5.65 Å². The standard InChI is InChI=1S/C13H19N5.ClH/c1-10-8-17(11(2)5-15-10)9-12-6-16-13-7-14-3-4-18(12)13;/h3-4,6-7,10-11,15H,5,8-9H2,1-2H3;1H. The van der Waals surface area contributed by atoms with Crippen molar-refractivity contribution in [1.82, 2.24) is 24.6 Å². The van der Waals surface area contributed by atoms with Crippen molar-refractivity contribution in [1.29, 1.82) is 0 Å². The Bertz CT molecular complexity index is 541. The van der Waals surface area contributed by atoms with E-state index >= 15 is 0 Å². The predicted molar refractivity (Wildman–Crippen MR) is 77.6 cm³/mol. The highest BCUT2D eigenvalue weighted by Crippen LogP contribution is 2.13. The van der Waals surface area contributed by atoms with Gasteiger partial charge in [0.05, 0.1) is 18.1 Å². The lowest BCUT2D eigenvalue weighted by Crippen LogP contribution is -2.53. The molecule has 3 rings (SSSR count). The Morgan fingerprint density at radius 2 is 2.21 bits per heavy atom. The Kier molecular flexibility index (Phi) is 4.39. The van der Waals surface area contributed by atoms with Gasteiger partial charge in [-0.3, -0.25) is 14.3 Å². The first kappa shape index (κ1) is 14.2. The van der Waals surface area contributed by atoms with Crippen molar-refractivity contribution in [3.8, 4) is 0 Å². The van der Waals surface area contributed by atoms with Gasteiger partial charge in [0.1, 0.15) is 0 Å². The smallest absolute Gasteiger partial charge is 0.155 e. The molecule has 1 aliphatic rings. The maximum atomic E-state index is 4.39. The molecule has 2 aromatic rings. The molecule has 0 saturated carbocycles. The molecule has 2 atom stereocenters. The summed E-state index contributed by atoms with van der Waals surface area (Å²) in [4.78, 5) is 11.0. The molecule has 5 nitrogen and oxygen atoms in total. The van der Waals surface area contributed by atoms with Crippen LogP contribution in [0.3, 0.4) is 0 Å². The Hall–Kier alpha value is -1.17. The van der Waals surface area contributed by atoms with E-state index in [2.05, 4.69) is 38.4 Å². The molecule has 104 valence electrons. The minimum atomic E-state index is 0. The van der Waals surface area contributed by atoms with E-state index < -0.39 is 0 Å². The summed E-state index contributed by atoms with van der Waals surface area (Å²) in [5.41, 5.74) is 2.15. The average Bonchev–Trinajstić information content (AvgIpc) is 2.78. The molecule has 3 heterocycles. The Labute approximate surface area is 119 Å². The number of piperazine rings is 1. The number of halogens is 1. The van der Waals surface area contributed by atoms with Crippen LogP contribution < -0.4 is 5.32 Å². The van der Waals surface area contributed by atoms with E-state index in [0.717, 1.165) is 25.3 Å². The molecule has 1 saturated heterocycles. The molecule has 1 aliphatic heterocycles. The van der Waals surface area contributed by atoms with Crippen molar-refractivity contribution in [2.24, 2.45) is 0 Å². The van der Waals surface area contributed by atoms with Gasteiger partial charge in [-0.2, -0.15) is 0 Å². The van der Waals surface area contributed by atoms with Crippen molar-refractivity contribution in [3.05, 3.63) is 30.5 Å². The molecular formula is C13H20ClN5. The zero-order chi connectivity index (χ0) is 12.5. The van der Waals surface area contributed by atoms with Gasteiger partial charge < -0.3 is 5.32 Å². The fraction of sp³-hybridized carbons (Fsp3) is 0.538. The minimum Gasteiger partial charge on any atom is -0.311 e. The van der Waals surface area contributed by atoms with Crippen LogP contribution in [0.1, 0.15) is 19.5 Å². The normalized spacial score (nSPS) is 24.3. The summed E-state index contributed by atoms with van der Waals surface area (Å²) in [7, 11) is 0. The van der Waals surface area contributed by atoms with Crippen LogP contribution in [0.5, 0.6) is 0 Å². The van der Waals surface area contributed by atoms with Crippen molar-refractivity contribution in [3.63, 3.8) is 0 Å². The Morgan fingerprint density at radius 3 is 3.05 bits per heavy atom. The topological polar surface area (TPSA) is 45.5 Å². The SMILES string of the molecule is CC1CN(Cc2cnc3cnccn23)C(C)CN1.Cl. The third kappa shape index (κ3) is 2.88. The van der Waals surface area contributed by atoms with Gasteiger partial charge in [0.2, 0.25) is 0 Å². The second-order valence-electron chi connectivity index (χ2n) is 5.14. The summed E-state index contributed by atoms with van der Waals surface area (Å²) in [6, 6.07) is 1.12. The van der Waals surface area contributed by atoms with Crippen LogP contribution in [0, 0.1) is 0 Å². The molecule has 0 spiro atoms. The first-order chi connectivity index (χ1) is 8.74. The number of nitrogens with zero attached hydrogens (tertiary/aromatic N) is 4. The lowest BCUT2D eigenvalue weighted by atomic mass is 10.1. The minimum absolute atomic E-state index is 0. The van der Waals surface area contributed by atoms with Crippen LogP contribution in [-0.2, 0) is 6.54 Å². The highest BCUT2D eigenvalue weighted by molar-refractivity contribution is 5.85. The van der Waals surface area contributed by atoms with Gasteiger partial charge in [-0.15, -0.1) is 12.4 Å². The predicted octanol–water partition coefficient (Wildman–Crippen LogP) is 1.33. The van der Waals surface area contributed by atoms with Crippen LogP contribution >= 0.6 is 12.4 Å². The summed E-state index contributed by atoms with van der Waals surface area (Å²) in [6.07, 6.45) is 7.54. The second-order valence-corrected chi connectivity index (χ2v) is 5.14. The molecule has 1 N–H and O–H groups in total. The van der Waals surface area contributed by atoms with E-state index in [4.69, 9.17) is 0 Å². The largest absolute Gasteiger partial charge is 0.311 e. The van der Waals surface area contributed by atoms with E-state index in [0.29, 0.717) is 12.1 Å². The first-order valence-electron chi connectivity index (χ1n) is 6.47. The number of hydrogen-bond donors (Lipinski definition) is 1. The third-order valence-electron chi connectivity index (χ3n) is 3.65. The lowest BCUT2D eigenvalue weighted by Gasteiger charge is -2.37. The molecule has 0 amide bonds. The molecule has 0 aliphatic carbocycles. The highest BCUT2D eigenvalue weighted by Gasteiger charge is 2.23. The van der Waals surface area contributed by atoms with Crippen molar-refractivity contribution < 1.29 is 0 Å². The fourth-order valence-corrected chi connectivity index (χ4v) is 2.54. The highest BCUT2D eigenvalue weighted by atomic mass is 35.5. The van der Waals surface area contributed by atoms with Crippen LogP contribution in [0.25, 0.3) is 5.65 Å². The molecule has 0 bridgehead atoms. The number of nitrogens with one attached hydrogen (secondary N) is 1. The van der Waals surface area contributed by atoms with Gasteiger partial charge in [0, 0.05) is 44.1 Å². The van der Waals surface area contributed by atoms with E-state index in [-0.39, 0.29) is 12.4 Å². The quantitative estimate of drug-likeness (QED) is 0.902. The van der Waals surface area contributed by atoms with E-state index in [1.807, 2.05) is 18.6 Å². The molecule has 1 fully saturated rings. The maximum absolute atomic E-state index is 4.39. The molecule has 0 aromatic carbocycles. The van der Waals surface area contributed by atoms with E-state index in [9.17, 15) is 0 Å². The van der Waals surface area contributed by atoms with Crippen LogP contribution in [0.15, 0.2) is 24.8 Å². The van der Waals surface area contributed by atoms with Crippen LogP contribution in [0.4, 0.5) is 0 Å². The van der Waals surface area contributed by atoms with Gasteiger partial charge in [0.25, 0.3) is 0 Å². The number of aromatic nitrogens is 3. The van der Waals surface area contributed by atoms with Crippen molar-refractivity contribution in [2.45, 2.75) is 32.5 Å². The molecule has 2 unspecified atom stereocenters. The number of fused-ring (bicyclic) bond motifs is 1. The monoisotopic (exact) mass is 281 g/mol. The van der Waals surface area contributed by atoms with Crippen molar-refractivity contribution in [2.75, 3.05) is 13.1 Å². The molecule has 0 radical (unpaired) electrons. The number of hydrogen-bond acceptors (Lipinski definition) is 4. The average molecular weight is 282 g/mol. The summed E-state index contributed by atoms with van der Waals surface area (Å²) in [6.45, 7) is 7.58. The van der Waals surface area contributed by atoms with Gasteiger partial charge in [-0.1, -0.05) is 0 Å². The Balaban J connectivity index is 0.00000133. The summed E-state index contributed by atoms with van der Waals surface area (Å²) in [5, 5.41) is 3.50. The van der Waals surface area contributed by atoms with E-state index in [1.54, 1.807) is 6.20 Å². The summed E-state index contributed by atoms with van der Waals surface area (Å²) >= 11 is 0. The summed E-state index contributed by atoms with van der Waals surface area (Å²) in [5.74, 6) is 0.